The number of carbonyl (C=O) groups excluding carboxylic acids is 2. The number of carbonyl (C=O) groups is 2. The van der Waals surface area contributed by atoms with Gasteiger partial charge in [0, 0.05) is 56.5 Å². The van der Waals surface area contributed by atoms with Gasteiger partial charge in [-0.25, -0.2) is 0 Å². The van der Waals surface area contributed by atoms with Crippen LogP contribution in [0.3, 0.4) is 0 Å². The number of halogens is 2. The Balaban J connectivity index is 1.84. The molecule has 0 aliphatic carbocycles. The molecule has 1 aliphatic heterocycles. The minimum Gasteiger partial charge on any atom is -0.340 e. The zero-order valence-electron chi connectivity index (χ0n) is 16.8. The van der Waals surface area contributed by atoms with E-state index in [-0.39, 0.29) is 11.7 Å². The van der Waals surface area contributed by atoms with E-state index in [1.807, 2.05) is 11.0 Å². The van der Waals surface area contributed by atoms with Crippen LogP contribution in [-0.4, -0.2) is 60.0 Å². The molecule has 1 aromatic carbocycles. The lowest BCUT2D eigenvalue weighted by Crippen LogP contribution is -2.48. The van der Waals surface area contributed by atoms with Gasteiger partial charge in [0.2, 0.25) is 5.91 Å². The average molecular weight is 445 g/mol. The summed E-state index contributed by atoms with van der Waals surface area (Å²) in [6, 6.07) is 3.72. The van der Waals surface area contributed by atoms with E-state index in [0.29, 0.717) is 28.6 Å². The normalized spacial score (nSPS) is 15.1. The van der Waals surface area contributed by atoms with Gasteiger partial charge < -0.3 is 4.90 Å². The Morgan fingerprint density at radius 1 is 1.04 bits per heavy atom. The van der Waals surface area contributed by atoms with Crippen LogP contribution in [0.15, 0.2) is 17.0 Å². The van der Waals surface area contributed by atoms with Crippen molar-refractivity contribution in [3.8, 4) is 0 Å². The summed E-state index contributed by atoms with van der Waals surface area (Å²) in [4.78, 5) is 29.0. The highest BCUT2D eigenvalue weighted by molar-refractivity contribution is 7.99. The maximum absolute atomic E-state index is 12.6. The van der Waals surface area contributed by atoms with Crippen LogP contribution in [0.4, 0.5) is 0 Å². The standard InChI is InChI=1S/C21H30Cl2N2O2S/c1-3-4-5-6-15-28-19-8-7-17(20(22)21(19)23)18(27)9-10-24-11-13-25(14-12-24)16(2)26/h7-8H,3-6,9-15H2,1-2H3. The summed E-state index contributed by atoms with van der Waals surface area (Å²) in [6.07, 6.45) is 5.27. The Kier molecular flexibility index (Phi) is 10.1. The summed E-state index contributed by atoms with van der Waals surface area (Å²) in [7, 11) is 0. The third-order valence-electron chi connectivity index (χ3n) is 5.08. The van der Waals surface area contributed by atoms with Gasteiger partial charge in [-0.3, -0.25) is 14.5 Å². The van der Waals surface area contributed by atoms with E-state index in [4.69, 9.17) is 23.2 Å². The van der Waals surface area contributed by atoms with Crippen molar-refractivity contribution in [2.24, 2.45) is 0 Å². The summed E-state index contributed by atoms with van der Waals surface area (Å²) in [5, 5.41) is 0.856. The van der Waals surface area contributed by atoms with Crippen LogP contribution >= 0.6 is 35.0 Å². The highest BCUT2D eigenvalue weighted by atomic mass is 35.5. The lowest BCUT2D eigenvalue weighted by molar-refractivity contribution is -0.130. The van der Waals surface area contributed by atoms with E-state index in [2.05, 4.69) is 11.8 Å². The Morgan fingerprint density at radius 3 is 2.39 bits per heavy atom. The largest absolute Gasteiger partial charge is 0.340 e. The number of piperazine rings is 1. The summed E-state index contributed by atoms with van der Waals surface area (Å²) in [5.74, 6) is 1.14. The average Bonchev–Trinajstić information content (AvgIpc) is 2.69. The van der Waals surface area contributed by atoms with Crippen LogP contribution in [0.5, 0.6) is 0 Å². The van der Waals surface area contributed by atoms with Crippen molar-refractivity contribution >= 4 is 46.7 Å². The lowest BCUT2D eigenvalue weighted by Gasteiger charge is -2.34. The smallest absolute Gasteiger partial charge is 0.219 e. The first-order chi connectivity index (χ1) is 13.4. The van der Waals surface area contributed by atoms with E-state index in [1.54, 1.807) is 24.8 Å². The van der Waals surface area contributed by atoms with Gasteiger partial charge >= 0.3 is 0 Å². The van der Waals surface area contributed by atoms with Crippen molar-refractivity contribution in [3.05, 3.63) is 27.7 Å². The molecule has 1 aromatic rings. The van der Waals surface area contributed by atoms with Crippen molar-refractivity contribution in [2.45, 2.75) is 50.8 Å². The quantitative estimate of drug-likeness (QED) is 0.275. The molecule has 1 heterocycles. The summed E-state index contributed by atoms with van der Waals surface area (Å²) < 4.78 is 0. The Labute approximate surface area is 182 Å². The van der Waals surface area contributed by atoms with Crippen LogP contribution in [-0.2, 0) is 4.79 Å². The summed E-state index contributed by atoms with van der Waals surface area (Å²) in [6.45, 7) is 7.51. The number of rotatable bonds is 10. The van der Waals surface area contributed by atoms with Gasteiger partial charge in [0.25, 0.3) is 0 Å². The second kappa shape index (κ2) is 12.1. The number of amides is 1. The molecule has 1 fully saturated rings. The van der Waals surface area contributed by atoms with E-state index >= 15 is 0 Å². The monoisotopic (exact) mass is 444 g/mol. The zero-order chi connectivity index (χ0) is 20.5. The van der Waals surface area contributed by atoms with Crippen molar-refractivity contribution in [1.82, 2.24) is 9.80 Å². The fraction of sp³-hybridized carbons (Fsp3) is 0.619. The van der Waals surface area contributed by atoms with Crippen molar-refractivity contribution in [1.29, 1.82) is 0 Å². The molecule has 0 radical (unpaired) electrons. The number of hydrogen-bond acceptors (Lipinski definition) is 4. The van der Waals surface area contributed by atoms with Crippen LogP contribution in [0.25, 0.3) is 0 Å². The number of nitrogens with zero attached hydrogens (tertiary/aromatic N) is 2. The number of hydrogen-bond donors (Lipinski definition) is 0. The first kappa shape index (κ1) is 23.5. The highest BCUT2D eigenvalue weighted by Gasteiger charge is 2.21. The molecule has 1 saturated heterocycles. The third-order valence-corrected chi connectivity index (χ3v) is 7.21. The fourth-order valence-electron chi connectivity index (χ4n) is 3.25. The minimum atomic E-state index is 0.0143. The van der Waals surface area contributed by atoms with Gasteiger partial charge in [-0.05, 0) is 24.3 Å². The molecule has 0 N–H and O–H groups in total. The molecule has 1 amide bonds. The Morgan fingerprint density at radius 2 is 1.75 bits per heavy atom. The molecule has 28 heavy (non-hydrogen) atoms. The second-order valence-electron chi connectivity index (χ2n) is 7.17. The van der Waals surface area contributed by atoms with Gasteiger partial charge in [0.1, 0.15) is 0 Å². The Bertz CT molecular complexity index is 677. The van der Waals surface area contributed by atoms with Crippen LogP contribution in [0.1, 0.15) is 56.3 Å². The molecule has 0 atom stereocenters. The molecule has 0 bridgehead atoms. The van der Waals surface area contributed by atoms with Gasteiger partial charge in [-0.1, -0.05) is 49.4 Å². The lowest BCUT2D eigenvalue weighted by atomic mass is 10.1. The summed E-state index contributed by atoms with van der Waals surface area (Å²) in [5.41, 5.74) is 0.504. The van der Waals surface area contributed by atoms with E-state index < -0.39 is 0 Å². The van der Waals surface area contributed by atoms with Crippen molar-refractivity contribution in [2.75, 3.05) is 38.5 Å². The molecular weight excluding hydrogens is 415 g/mol. The molecule has 2 rings (SSSR count). The number of thioether (sulfide) groups is 1. The summed E-state index contributed by atoms with van der Waals surface area (Å²) >= 11 is 14.5. The third kappa shape index (κ3) is 6.94. The first-order valence-corrected chi connectivity index (χ1v) is 11.8. The van der Waals surface area contributed by atoms with Crippen LogP contribution in [0.2, 0.25) is 10.0 Å². The zero-order valence-corrected chi connectivity index (χ0v) is 19.1. The second-order valence-corrected chi connectivity index (χ2v) is 9.06. The predicted molar refractivity (Wildman–Crippen MR) is 119 cm³/mol. The molecule has 0 unspecified atom stereocenters. The molecule has 4 nitrogen and oxygen atoms in total. The maximum Gasteiger partial charge on any atom is 0.219 e. The van der Waals surface area contributed by atoms with E-state index in [9.17, 15) is 9.59 Å². The van der Waals surface area contributed by atoms with Crippen LogP contribution < -0.4 is 0 Å². The van der Waals surface area contributed by atoms with E-state index in [0.717, 1.165) is 43.2 Å². The van der Waals surface area contributed by atoms with Crippen LogP contribution in [0, 0.1) is 0 Å². The van der Waals surface area contributed by atoms with Gasteiger partial charge in [-0.2, -0.15) is 0 Å². The van der Waals surface area contributed by atoms with Gasteiger partial charge in [0.15, 0.2) is 5.78 Å². The van der Waals surface area contributed by atoms with Gasteiger partial charge in [-0.15, -0.1) is 11.8 Å². The first-order valence-electron chi connectivity index (χ1n) is 10.1. The number of unbranched alkanes of at least 4 members (excludes halogenated alkanes) is 3. The number of Topliss-reactive ketones (excluding diaryl/α,β-unsaturated/α-hetero) is 1. The van der Waals surface area contributed by atoms with E-state index in [1.165, 1.54) is 19.3 Å². The van der Waals surface area contributed by atoms with Crippen molar-refractivity contribution in [3.63, 3.8) is 0 Å². The molecular formula is C21H30Cl2N2O2S. The molecule has 156 valence electrons. The number of ketones is 1. The SMILES string of the molecule is CCCCCCSc1ccc(C(=O)CCN2CCN(C(C)=O)CC2)c(Cl)c1Cl. The molecule has 0 spiro atoms. The number of benzene rings is 1. The minimum absolute atomic E-state index is 0.0143. The topological polar surface area (TPSA) is 40.6 Å². The molecule has 7 heteroatoms. The molecule has 0 saturated carbocycles. The highest BCUT2D eigenvalue weighted by Crippen LogP contribution is 2.36. The van der Waals surface area contributed by atoms with Gasteiger partial charge in [0.05, 0.1) is 10.0 Å². The maximum atomic E-state index is 12.6. The molecule has 1 aliphatic rings. The predicted octanol–water partition coefficient (Wildman–Crippen LogP) is 5.40. The van der Waals surface area contributed by atoms with Crippen molar-refractivity contribution < 1.29 is 9.59 Å². The molecule has 0 aromatic heterocycles. The Hall–Kier alpha value is -0.750. The fourth-order valence-corrected chi connectivity index (χ4v) is 4.87.